The van der Waals surface area contributed by atoms with E-state index in [0.717, 1.165) is 5.71 Å². The molecule has 2 rings (SSSR count). The van der Waals surface area contributed by atoms with Gasteiger partial charge in [0.2, 0.25) is 0 Å². The Labute approximate surface area is 99.0 Å². The molecule has 0 spiro atoms. The molecule has 1 amide bonds. The van der Waals surface area contributed by atoms with Crippen molar-refractivity contribution >= 4 is 11.6 Å². The number of aromatic hydroxyl groups is 1. The van der Waals surface area contributed by atoms with Gasteiger partial charge in [0.15, 0.2) is 0 Å². The third-order valence-corrected chi connectivity index (χ3v) is 2.86. The van der Waals surface area contributed by atoms with Crippen molar-refractivity contribution in [2.24, 2.45) is 5.16 Å². The van der Waals surface area contributed by atoms with E-state index in [9.17, 15) is 9.90 Å². The van der Waals surface area contributed by atoms with E-state index in [1.54, 1.807) is 17.0 Å². The molecule has 5 nitrogen and oxygen atoms in total. The molecule has 0 aromatic heterocycles. The molecule has 0 radical (unpaired) electrons. The van der Waals surface area contributed by atoms with Gasteiger partial charge in [-0.25, -0.2) is 0 Å². The van der Waals surface area contributed by atoms with Gasteiger partial charge in [-0.1, -0.05) is 11.2 Å². The van der Waals surface area contributed by atoms with Crippen molar-refractivity contribution in [2.45, 2.75) is 12.8 Å². The molecule has 1 saturated heterocycles. The van der Waals surface area contributed by atoms with Gasteiger partial charge in [-0.3, -0.25) is 4.79 Å². The molecule has 1 aromatic carbocycles. The van der Waals surface area contributed by atoms with E-state index in [2.05, 4.69) is 5.16 Å². The topological polar surface area (TPSA) is 73.1 Å². The number of phenols is 1. The van der Waals surface area contributed by atoms with E-state index < -0.39 is 0 Å². The number of benzene rings is 1. The molecule has 1 aromatic rings. The fourth-order valence-electron chi connectivity index (χ4n) is 1.89. The molecule has 1 fully saturated rings. The first-order valence-electron chi connectivity index (χ1n) is 5.49. The highest BCUT2D eigenvalue weighted by Crippen LogP contribution is 2.15. The van der Waals surface area contributed by atoms with Crippen molar-refractivity contribution in [3.05, 3.63) is 29.8 Å². The summed E-state index contributed by atoms with van der Waals surface area (Å²) in [6.45, 7) is 1.10. The minimum atomic E-state index is -0.0992. The molecule has 0 saturated carbocycles. The van der Waals surface area contributed by atoms with Crippen molar-refractivity contribution in [2.75, 3.05) is 13.1 Å². The Bertz CT molecular complexity index is 447. The van der Waals surface area contributed by atoms with Crippen LogP contribution in [0.1, 0.15) is 23.2 Å². The fraction of sp³-hybridized carbons (Fsp3) is 0.333. The van der Waals surface area contributed by atoms with Gasteiger partial charge in [0, 0.05) is 31.5 Å². The molecule has 1 heterocycles. The Morgan fingerprint density at radius 1 is 1.29 bits per heavy atom. The van der Waals surface area contributed by atoms with Gasteiger partial charge in [0.1, 0.15) is 5.75 Å². The maximum atomic E-state index is 12.1. The van der Waals surface area contributed by atoms with E-state index >= 15 is 0 Å². The van der Waals surface area contributed by atoms with Crippen LogP contribution in [0, 0.1) is 0 Å². The van der Waals surface area contributed by atoms with Crippen LogP contribution >= 0.6 is 0 Å². The largest absolute Gasteiger partial charge is 0.508 e. The molecule has 0 unspecified atom stereocenters. The summed E-state index contributed by atoms with van der Waals surface area (Å²) in [6.07, 6.45) is 1.20. The third kappa shape index (κ3) is 2.55. The van der Waals surface area contributed by atoms with Crippen LogP contribution in [0.25, 0.3) is 0 Å². The summed E-state index contributed by atoms with van der Waals surface area (Å²) in [6, 6.07) is 6.31. The summed E-state index contributed by atoms with van der Waals surface area (Å²) in [4.78, 5) is 13.8. The Kier molecular flexibility index (Phi) is 3.27. The van der Waals surface area contributed by atoms with Crippen molar-refractivity contribution in [3.8, 4) is 5.75 Å². The second-order valence-corrected chi connectivity index (χ2v) is 4.01. The number of phenolic OH excluding ortho intramolecular Hbond substituents is 1. The second-order valence-electron chi connectivity index (χ2n) is 4.01. The zero-order valence-electron chi connectivity index (χ0n) is 9.33. The third-order valence-electron chi connectivity index (χ3n) is 2.86. The molecular weight excluding hydrogens is 220 g/mol. The fourth-order valence-corrected chi connectivity index (χ4v) is 1.89. The number of likely N-dealkylation sites (tertiary alicyclic amines) is 1. The number of carbonyl (C=O) groups is 1. The van der Waals surface area contributed by atoms with Crippen LogP contribution < -0.4 is 0 Å². The minimum absolute atomic E-state index is 0.0884. The van der Waals surface area contributed by atoms with Gasteiger partial charge in [-0.2, -0.15) is 0 Å². The highest BCUT2D eigenvalue weighted by molar-refractivity contribution is 5.96. The van der Waals surface area contributed by atoms with Gasteiger partial charge in [0.25, 0.3) is 5.91 Å². The van der Waals surface area contributed by atoms with Crippen LogP contribution in [0.4, 0.5) is 0 Å². The lowest BCUT2D eigenvalue weighted by Gasteiger charge is -2.27. The molecule has 0 bridgehead atoms. The van der Waals surface area contributed by atoms with Gasteiger partial charge in [-0.15, -0.1) is 0 Å². The number of oxime groups is 1. The van der Waals surface area contributed by atoms with Crippen molar-refractivity contribution in [3.63, 3.8) is 0 Å². The molecule has 17 heavy (non-hydrogen) atoms. The van der Waals surface area contributed by atoms with E-state index in [4.69, 9.17) is 5.21 Å². The van der Waals surface area contributed by atoms with Crippen LogP contribution in [-0.4, -0.2) is 39.9 Å². The highest BCUT2D eigenvalue weighted by atomic mass is 16.4. The number of nitrogens with zero attached hydrogens (tertiary/aromatic N) is 2. The van der Waals surface area contributed by atoms with Crippen LogP contribution in [-0.2, 0) is 0 Å². The SMILES string of the molecule is O=C(c1cccc(O)c1)N1CCC(=NO)CC1. The van der Waals surface area contributed by atoms with Crippen LogP contribution in [0.5, 0.6) is 5.75 Å². The van der Waals surface area contributed by atoms with Crippen LogP contribution in [0.15, 0.2) is 29.4 Å². The molecule has 1 aliphatic heterocycles. The Morgan fingerprint density at radius 3 is 2.59 bits per heavy atom. The minimum Gasteiger partial charge on any atom is -0.508 e. The Balaban J connectivity index is 2.07. The van der Waals surface area contributed by atoms with Crippen molar-refractivity contribution in [1.29, 1.82) is 0 Å². The lowest BCUT2D eigenvalue weighted by atomic mass is 10.1. The first-order chi connectivity index (χ1) is 8.20. The number of hydrogen-bond acceptors (Lipinski definition) is 4. The number of amides is 1. The smallest absolute Gasteiger partial charge is 0.254 e. The molecule has 0 aliphatic carbocycles. The van der Waals surface area contributed by atoms with E-state index in [0.29, 0.717) is 31.5 Å². The second kappa shape index (κ2) is 4.86. The number of rotatable bonds is 1. The molecule has 90 valence electrons. The number of piperidine rings is 1. The average Bonchev–Trinajstić information content (AvgIpc) is 2.38. The van der Waals surface area contributed by atoms with Gasteiger partial charge in [-0.05, 0) is 18.2 Å². The Morgan fingerprint density at radius 2 is 2.00 bits per heavy atom. The molecule has 5 heteroatoms. The zero-order valence-corrected chi connectivity index (χ0v) is 9.33. The molecule has 0 atom stereocenters. The van der Waals surface area contributed by atoms with Crippen molar-refractivity contribution in [1.82, 2.24) is 4.90 Å². The summed E-state index contributed by atoms with van der Waals surface area (Å²) >= 11 is 0. The monoisotopic (exact) mass is 234 g/mol. The standard InChI is InChI=1S/C12H14N2O3/c15-11-3-1-2-9(8-11)12(16)14-6-4-10(13-17)5-7-14/h1-3,8,15,17H,4-7H2. The number of carbonyl (C=O) groups excluding carboxylic acids is 1. The first kappa shape index (κ1) is 11.4. The predicted molar refractivity (Wildman–Crippen MR) is 62.5 cm³/mol. The molecular formula is C12H14N2O3. The van der Waals surface area contributed by atoms with Gasteiger partial charge >= 0.3 is 0 Å². The van der Waals surface area contributed by atoms with Gasteiger partial charge in [0.05, 0.1) is 5.71 Å². The summed E-state index contributed by atoms with van der Waals surface area (Å²) in [5.41, 5.74) is 1.21. The van der Waals surface area contributed by atoms with E-state index in [-0.39, 0.29) is 11.7 Å². The lowest BCUT2D eigenvalue weighted by Crippen LogP contribution is -2.38. The average molecular weight is 234 g/mol. The van der Waals surface area contributed by atoms with Crippen LogP contribution in [0.2, 0.25) is 0 Å². The normalized spacial score (nSPS) is 15.8. The maximum absolute atomic E-state index is 12.1. The molecule has 2 N–H and O–H groups in total. The van der Waals surface area contributed by atoms with Gasteiger partial charge < -0.3 is 15.2 Å². The number of hydrogen-bond donors (Lipinski definition) is 2. The quantitative estimate of drug-likeness (QED) is 0.570. The lowest BCUT2D eigenvalue weighted by molar-refractivity contribution is 0.0753. The summed E-state index contributed by atoms with van der Waals surface area (Å²) in [5, 5.41) is 21.1. The van der Waals surface area contributed by atoms with E-state index in [1.165, 1.54) is 12.1 Å². The first-order valence-corrected chi connectivity index (χ1v) is 5.49. The summed E-state index contributed by atoms with van der Waals surface area (Å²) in [7, 11) is 0. The summed E-state index contributed by atoms with van der Waals surface area (Å²) < 4.78 is 0. The highest BCUT2D eigenvalue weighted by Gasteiger charge is 2.21. The predicted octanol–water partition coefficient (Wildman–Crippen LogP) is 1.46. The Hall–Kier alpha value is -2.04. The molecule has 1 aliphatic rings. The maximum Gasteiger partial charge on any atom is 0.254 e. The summed E-state index contributed by atoms with van der Waals surface area (Å²) in [5.74, 6) is -0.0108. The zero-order chi connectivity index (χ0) is 12.3. The van der Waals surface area contributed by atoms with Crippen LogP contribution in [0.3, 0.4) is 0 Å². The van der Waals surface area contributed by atoms with Crippen molar-refractivity contribution < 1.29 is 15.1 Å². The van der Waals surface area contributed by atoms with E-state index in [1.807, 2.05) is 0 Å².